The van der Waals surface area contributed by atoms with Crippen LogP contribution in [0.15, 0.2) is 47.1 Å². The number of carbonyl (C=O) groups excluding carboxylic acids is 5. The first-order valence-electron chi connectivity index (χ1n) is 8.96. The van der Waals surface area contributed by atoms with E-state index in [9.17, 15) is 24.0 Å². The molecule has 1 aromatic heterocycles. The standard InChI is InChI=1S/C20H21N3O7/c1-12(24)14-5-7-15(8-6-14)23-19(27)13(2)30-18(26)11-21-17(25)10-22-20(28)16-4-3-9-29-16/h3-9,13H,10-11H2,1-2H3,(H,21,25)(H,22,28)(H,23,27)/t13-/m1/s1. The van der Waals surface area contributed by atoms with Gasteiger partial charge >= 0.3 is 5.97 Å². The summed E-state index contributed by atoms with van der Waals surface area (Å²) < 4.78 is 9.84. The van der Waals surface area contributed by atoms with Crippen molar-refractivity contribution < 1.29 is 33.1 Å². The van der Waals surface area contributed by atoms with Gasteiger partial charge in [-0.15, -0.1) is 0 Å². The number of anilines is 1. The molecule has 0 spiro atoms. The number of ether oxygens (including phenoxy) is 1. The summed E-state index contributed by atoms with van der Waals surface area (Å²) in [6, 6.07) is 9.21. The molecule has 0 aliphatic heterocycles. The lowest BCUT2D eigenvalue weighted by Gasteiger charge is -2.14. The Kier molecular flexibility index (Phi) is 7.86. The van der Waals surface area contributed by atoms with Crippen LogP contribution in [0.25, 0.3) is 0 Å². The van der Waals surface area contributed by atoms with Gasteiger partial charge in [-0.25, -0.2) is 0 Å². The van der Waals surface area contributed by atoms with Gasteiger partial charge in [-0.3, -0.25) is 24.0 Å². The molecule has 2 aromatic rings. The number of nitrogens with one attached hydrogen (secondary N) is 3. The van der Waals surface area contributed by atoms with Crippen molar-refractivity contribution in [1.29, 1.82) is 0 Å². The molecule has 2 rings (SSSR count). The Balaban J connectivity index is 1.70. The van der Waals surface area contributed by atoms with Crippen LogP contribution in [0.4, 0.5) is 5.69 Å². The number of Topliss-reactive ketones (excluding diaryl/α,β-unsaturated/α-hetero) is 1. The quantitative estimate of drug-likeness (QED) is 0.408. The molecule has 0 fully saturated rings. The van der Waals surface area contributed by atoms with Crippen LogP contribution >= 0.6 is 0 Å². The maximum absolute atomic E-state index is 12.1. The summed E-state index contributed by atoms with van der Waals surface area (Å²) in [5, 5.41) is 7.15. The molecule has 0 aliphatic carbocycles. The number of carbonyl (C=O) groups is 5. The summed E-state index contributed by atoms with van der Waals surface area (Å²) in [6.45, 7) is 1.98. The number of rotatable bonds is 9. The van der Waals surface area contributed by atoms with E-state index in [2.05, 4.69) is 16.0 Å². The molecule has 1 atom stereocenters. The van der Waals surface area contributed by atoms with E-state index in [0.29, 0.717) is 11.3 Å². The lowest BCUT2D eigenvalue weighted by Crippen LogP contribution is -2.40. The van der Waals surface area contributed by atoms with E-state index < -0.39 is 36.3 Å². The van der Waals surface area contributed by atoms with Crippen molar-refractivity contribution >= 4 is 35.2 Å². The van der Waals surface area contributed by atoms with E-state index in [-0.39, 0.29) is 18.1 Å². The second kappa shape index (κ2) is 10.6. The molecule has 0 unspecified atom stereocenters. The molecule has 3 N–H and O–H groups in total. The first kappa shape index (κ1) is 22.3. The van der Waals surface area contributed by atoms with Crippen molar-refractivity contribution in [3.63, 3.8) is 0 Å². The molecule has 10 nitrogen and oxygen atoms in total. The van der Waals surface area contributed by atoms with Crippen LogP contribution in [0.1, 0.15) is 34.8 Å². The lowest BCUT2D eigenvalue weighted by atomic mass is 10.1. The monoisotopic (exact) mass is 415 g/mol. The van der Waals surface area contributed by atoms with Gasteiger partial charge in [0.1, 0.15) is 6.54 Å². The number of hydrogen-bond acceptors (Lipinski definition) is 7. The fourth-order valence-corrected chi connectivity index (χ4v) is 2.21. The fourth-order valence-electron chi connectivity index (χ4n) is 2.21. The zero-order valence-electron chi connectivity index (χ0n) is 16.4. The average molecular weight is 415 g/mol. The van der Waals surface area contributed by atoms with Crippen LogP contribution in [0.5, 0.6) is 0 Å². The van der Waals surface area contributed by atoms with Gasteiger partial charge in [0, 0.05) is 11.3 Å². The van der Waals surface area contributed by atoms with Crippen LogP contribution in [-0.4, -0.2) is 48.7 Å². The predicted octanol–water partition coefficient (Wildman–Crippen LogP) is 0.899. The van der Waals surface area contributed by atoms with Crippen LogP contribution < -0.4 is 16.0 Å². The minimum Gasteiger partial charge on any atom is -0.459 e. The maximum Gasteiger partial charge on any atom is 0.326 e. The lowest BCUT2D eigenvalue weighted by molar-refractivity contribution is -0.152. The van der Waals surface area contributed by atoms with E-state index >= 15 is 0 Å². The smallest absolute Gasteiger partial charge is 0.326 e. The molecule has 1 heterocycles. The van der Waals surface area contributed by atoms with Crippen molar-refractivity contribution in [3.05, 3.63) is 54.0 Å². The zero-order chi connectivity index (χ0) is 22.1. The summed E-state index contributed by atoms with van der Waals surface area (Å²) in [6.07, 6.45) is 0.212. The number of esters is 1. The molecule has 0 bridgehead atoms. The van der Waals surface area contributed by atoms with Crippen molar-refractivity contribution in [2.24, 2.45) is 0 Å². The van der Waals surface area contributed by atoms with Crippen LogP contribution in [-0.2, 0) is 19.1 Å². The Labute approximate surface area is 172 Å². The number of hydrogen-bond donors (Lipinski definition) is 3. The molecular formula is C20H21N3O7. The van der Waals surface area contributed by atoms with E-state index in [1.54, 1.807) is 24.3 Å². The second-order valence-corrected chi connectivity index (χ2v) is 6.19. The molecular weight excluding hydrogens is 394 g/mol. The molecule has 158 valence electrons. The summed E-state index contributed by atoms with van der Waals surface area (Å²) in [4.78, 5) is 58.5. The van der Waals surface area contributed by atoms with Gasteiger partial charge in [0.2, 0.25) is 5.91 Å². The Morgan fingerprint density at radius 3 is 2.30 bits per heavy atom. The van der Waals surface area contributed by atoms with Crippen molar-refractivity contribution in [2.45, 2.75) is 20.0 Å². The van der Waals surface area contributed by atoms with Gasteiger partial charge in [0.15, 0.2) is 17.6 Å². The largest absolute Gasteiger partial charge is 0.459 e. The molecule has 1 aromatic carbocycles. The first-order valence-corrected chi connectivity index (χ1v) is 8.96. The highest BCUT2D eigenvalue weighted by Gasteiger charge is 2.19. The SMILES string of the molecule is CC(=O)c1ccc(NC(=O)[C@@H](C)OC(=O)CNC(=O)CNC(=O)c2ccco2)cc1. The van der Waals surface area contributed by atoms with Gasteiger partial charge in [0.25, 0.3) is 11.8 Å². The van der Waals surface area contributed by atoms with E-state index in [0.717, 1.165) is 0 Å². The first-order chi connectivity index (χ1) is 14.3. The van der Waals surface area contributed by atoms with E-state index in [4.69, 9.17) is 9.15 Å². The molecule has 0 aliphatic rings. The Morgan fingerprint density at radius 1 is 1.00 bits per heavy atom. The highest BCUT2D eigenvalue weighted by molar-refractivity contribution is 5.97. The second-order valence-electron chi connectivity index (χ2n) is 6.19. The normalized spacial score (nSPS) is 11.1. The highest BCUT2D eigenvalue weighted by Crippen LogP contribution is 2.11. The van der Waals surface area contributed by atoms with Crippen LogP contribution in [0, 0.1) is 0 Å². The number of benzene rings is 1. The Hall–Kier alpha value is -3.95. The summed E-state index contributed by atoms with van der Waals surface area (Å²) in [7, 11) is 0. The topological polar surface area (TPSA) is 144 Å². The van der Waals surface area contributed by atoms with Gasteiger partial charge in [0.05, 0.1) is 12.8 Å². The summed E-state index contributed by atoms with van der Waals surface area (Å²) in [5.74, 6) is -2.63. The molecule has 0 saturated heterocycles. The molecule has 30 heavy (non-hydrogen) atoms. The third kappa shape index (κ3) is 6.89. The number of ketones is 1. The Bertz CT molecular complexity index is 920. The minimum absolute atomic E-state index is 0.0537. The van der Waals surface area contributed by atoms with Crippen molar-refractivity contribution in [3.8, 4) is 0 Å². The molecule has 0 radical (unpaired) electrons. The molecule has 0 saturated carbocycles. The third-order valence-electron chi connectivity index (χ3n) is 3.82. The minimum atomic E-state index is -1.11. The van der Waals surface area contributed by atoms with Gasteiger partial charge in [-0.1, -0.05) is 0 Å². The van der Waals surface area contributed by atoms with E-state index in [1.807, 2.05) is 0 Å². The van der Waals surface area contributed by atoms with Gasteiger partial charge in [-0.05, 0) is 50.2 Å². The van der Waals surface area contributed by atoms with Crippen LogP contribution in [0.2, 0.25) is 0 Å². The van der Waals surface area contributed by atoms with E-state index in [1.165, 1.54) is 32.2 Å². The van der Waals surface area contributed by atoms with Crippen molar-refractivity contribution in [2.75, 3.05) is 18.4 Å². The average Bonchev–Trinajstić information content (AvgIpc) is 3.25. The maximum atomic E-state index is 12.1. The van der Waals surface area contributed by atoms with Crippen LogP contribution in [0.3, 0.4) is 0 Å². The third-order valence-corrected chi connectivity index (χ3v) is 3.82. The number of furan rings is 1. The predicted molar refractivity (Wildman–Crippen MR) is 105 cm³/mol. The summed E-state index contributed by atoms with van der Waals surface area (Å²) >= 11 is 0. The number of amides is 3. The fraction of sp³-hybridized carbons (Fsp3) is 0.250. The Morgan fingerprint density at radius 2 is 1.70 bits per heavy atom. The molecule has 10 heteroatoms. The van der Waals surface area contributed by atoms with Gasteiger partial charge in [-0.2, -0.15) is 0 Å². The zero-order valence-corrected chi connectivity index (χ0v) is 16.4. The highest BCUT2D eigenvalue weighted by atomic mass is 16.5. The summed E-state index contributed by atoms with van der Waals surface area (Å²) in [5.41, 5.74) is 0.942. The van der Waals surface area contributed by atoms with Crippen molar-refractivity contribution in [1.82, 2.24) is 10.6 Å². The molecule has 3 amide bonds. The van der Waals surface area contributed by atoms with Gasteiger partial charge < -0.3 is 25.1 Å².